The van der Waals surface area contributed by atoms with Gasteiger partial charge >= 0.3 is 12.2 Å². The second-order valence-corrected chi connectivity index (χ2v) is 9.15. The molecule has 0 radical (unpaired) electrons. The van der Waals surface area contributed by atoms with Gasteiger partial charge in [-0.25, -0.2) is 29.8 Å². The fourth-order valence-corrected chi connectivity index (χ4v) is 4.32. The van der Waals surface area contributed by atoms with Crippen LogP contribution in [-0.2, 0) is 22.7 Å². The molecule has 34 heavy (non-hydrogen) atoms. The fraction of sp³-hybridized carbons (Fsp3) is 0.300. The normalized spacial score (nSPS) is 10.2. The zero-order valence-electron chi connectivity index (χ0n) is 17.9. The minimum Gasteiger partial charge on any atom is -0.441 e. The van der Waals surface area contributed by atoms with Gasteiger partial charge in [-0.2, -0.15) is 0 Å². The summed E-state index contributed by atoms with van der Waals surface area (Å²) in [5.41, 5.74) is 1.39. The Labute approximate surface area is 202 Å². The zero-order chi connectivity index (χ0) is 24.8. The SMILES string of the molecule is O=C(OCc1ccccc1)N(CCSSCCN(C(=O)OCc1ccccc1)[N+](=O)[O-])[N+](=O)[O-]. The molecule has 12 nitrogen and oxygen atoms in total. The zero-order valence-corrected chi connectivity index (χ0v) is 19.5. The number of hydrogen-bond acceptors (Lipinski definition) is 10. The molecule has 2 aromatic rings. The van der Waals surface area contributed by atoms with Crippen LogP contribution in [0.5, 0.6) is 0 Å². The summed E-state index contributed by atoms with van der Waals surface area (Å²) in [6.45, 7) is -0.640. The Morgan fingerprint density at radius 3 is 1.38 bits per heavy atom. The van der Waals surface area contributed by atoms with E-state index in [2.05, 4.69) is 0 Å². The van der Waals surface area contributed by atoms with Crippen LogP contribution in [0.4, 0.5) is 9.59 Å². The number of ether oxygens (including phenoxy) is 2. The van der Waals surface area contributed by atoms with Crippen LogP contribution in [0, 0.1) is 20.2 Å². The van der Waals surface area contributed by atoms with Crippen LogP contribution in [0.1, 0.15) is 11.1 Å². The van der Waals surface area contributed by atoms with Crippen molar-refractivity contribution in [2.24, 2.45) is 0 Å². The van der Waals surface area contributed by atoms with Crippen molar-refractivity contribution in [1.29, 1.82) is 0 Å². The lowest BCUT2D eigenvalue weighted by Crippen LogP contribution is -2.38. The number of carbonyl (C=O) groups excluding carboxylic acids is 2. The summed E-state index contributed by atoms with van der Waals surface area (Å²) in [7, 11) is 2.34. The van der Waals surface area contributed by atoms with E-state index in [-0.39, 0.29) is 37.8 Å². The van der Waals surface area contributed by atoms with Gasteiger partial charge in [-0.15, -0.1) is 0 Å². The second kappa shape index (κ2) is 14.6. The predicted molar refractivity (Wildman–Crippen MR) is 126 cm³/mol. The quantitative estimate of drug-likeness (QED) is 0.167. The monoisotopic (exact) mass is 510 g/mol. The largest absolute Gasteiger partial charge is 0.468 e. The average Bonchev–Trinajstić information content (AvgIpc) is 2.83. The van der Waals surface area contributed by atoms with Gasteiger partial charge in [0.15, 0.2) is 10.1 Å². The van der Waals surface area contributed by atoms with E-state index in [0.29, 0.717) is 21.1 Å². The molecule has 2 amide bonds. The molecule has 0 unspecified atom stereocenters. The predicted octanol–water partition coefficient (Wildman–Crippen LogP) is 4.03. The first-order valence-corrected chi connectivity index (χ1v) is 12.4. The van der Waals surface area contributed by atoms with Crippen LogP contribution in [0.3, 0.4) is 0 Å². The highest BCUT2D eigenvalue weighted by atomic mass is 33.1. The fourth-order valence-electron chi connectivity index (χ4n) is 2.43. The Morgan fingerprint density at radius 2 is 1.06 bits per heavy atom. The molecule has 0 aromatic heterocycles. The van der Waals surface area contributed by atoms with Crippen LogP contribution in [0.2, 0.25) is 0 Å². The van der Waals surface area contributed by atoms with E-state index in [1.807, 2.05) is 0 Å². The number of amides is 2. The number of nitro groups is 2. The molecule has 0 aliphatic carbocycles. The molecule has 0 saturated carbocycles. The lowest BCUT2D eigenvalue weighted by atomic mass is 10.2. The Bertz CT molecular complexity index is 875. The van der Waals surface area contributed by atoms with Crippen molar-refractivity contribution in [1.82, 2.24) is 10.0 Å². The first kappa shape index (κ1) is 26.7. The molecule has 0 N–H and O–H groups in total. The van der Waals surface area contributed by atoms with Crippen LogP contribution >= 0.6 is 21.6 Å². The summed E-state index contributed by atoms with van der Waals surface area (Å²) >= 11 is 0. The van der Waals surface area contributed by atoms with Crippen molar-refractivity contribution in [2.45, 2.75) is 13.2 Å². The highest BCUT2D eigenvalue weighted by Gasteiger charge is 2.27. The third-order valence-corrected chi connectivity index (χ3v) is 6.45. The molecule has 14 heteroatoms. The van der Waals surface area contributed by atoms with Gasteiger partial charge < -0.3 is 9.47 Å². The van der Waals surface area contributed by atoms with Crippen LogP contribution < -0.4 is 0 Å². The van der Waals surface area contributed by atoms with E-state index in [0.717, 1.165) is 0 Å². The van der Waals surface area contributed by atoms with Crippen molar-refractivity contribution >= 4 is 33.8 Å². The number of hydrazine groups is 2. The highest BCUT2D eigenvalue weighted by Crippen LogP contribution is 2.21. The maximum atomic E-state index is 12.0. The number of nitrogens with zero attached hydrogens (tertiary/aromatic N) is 4. The molecule has 0 bridgehead atoms. The minimum absolute atomic E-state index is 0.0942. The lowest BCUT2D eigenvalue weighted by molar-refractivity contribution is -0.634. The topological polar surface area (TPSA) is 145 Å². The van der Waals surface area contributed by atoms with E-state index in [9.17, 15) is 29.8 Å². The van der Waals surface area contributed by atoms with Gasteiger partial charge in [-0.3, -0.25) is 0 Å². The number of rotatable bonds is 13. The van der Waals surface area contributed by atoms with E-state index < -0.39 is 22.3 Å². The van der Waals surface area contributed by atoms with Gasteiger partial charge in [0.2, 0.25) is 0 Å². The Hall–Kier alpha value is -3.52. The Kier molecular flexibility index (Phi) is 11.5. The van der Waals surface area contributed by atoms with Gasteiger partial charge in [-0.05, 0) is 21.1 Å². The maximum absolute atomic E-state index is 12.0. The van der Waals surface area contributed by atoms with Crippen molar-refractivity contribution in [3.8, 4) is 0 Å². The van der Waals surface area contributed by atoms with E-state index in [1.165, 1.54) is 21.6 Å². The van der Waals surface area contributed by atoms with E-state index in [1.54, 1.807) is 60.7 Å². The van der Waals surface area contributed by atoms with Gasteiger partial charge in [-0.1, -0.05) is 82.3 Å². The van der Waals surface area contributed by atoms with Crippen LogP contribution in [0.25, 0.3) is 0 Å². The van der Waals surface area contributed by atoms with Crippen LogP contribution in [-0.4, -0.2) is 56.9 Å². The van der Waals surface area contributed by atoms with Gasteiger partial charge in [0.1, 0.15) is 26.3 Å². The number of hydrogen-bond donors (Lipinski definition) is 0. The van der Waals surface area contributed by atoms with E-state index >= 15 is 0 Å². The maximum Gasteiger partial charge on any atom is 0.468 e. The van der Waals surface area contributed by atoms with Crippen LogP contribution in [0.15, 0.2) is 60.7 Å². The van der Waals surface area contributed by atoms with Gasteiger partial charge in [0.05, 0.1) is 0 Å². The molecule has 0 fully saturated rings. The molecule has 2 aromatic carbocycles. The van der Waals surface area contributed by atoms with Gasteiger partial charge in [0.25, 0.3) is 0 Å². The van der Waals surface area contributed by atoms with E-state index in [4.69, 9.17) is 9.47 Å². The average molecular weight is 511 g/mol. The summed E-state index contributed by atoms with van der Waals surface area (Å²) in [5, 5.41) is 21.3. The number of benzene rings is 2. The first-order chi connectivity index (χ1) is 16.4. The third-order valence-electron chi connectivity index (χ3n) is 4.08. The van der Waals surface area contributed by atoms with Crippen molar-refractivity contribution in [3.63, 3.8) is 0 Å². The third kappa shape index (κ3) is 9.54. The lowest BCUT2D eigenvalue weighted by Gasteiger charge is -2.13. The standard InChI is InChI=1S/C20H22N4O8S2/c25-19(31-15-17-7-3-1-4-8-17)21(23(27)28)11-13-33-34-14-12-22(24(29)30)20(26)32-16-18-9-5-2-6-10-18/h1-10H,11-16H2. The number of carbonyl (C=O) groups is 2. The summed E-state index contributed by atoms with van der Waals surface area (Å²) in [6, 6.07) is 17.5. The highest BCUT2D eigenvalue weighted by molar-refractivity contribution is 8.76. The molecule has 0 spiro atoms. The molecule has 0 aliphatic heterocycles. The molecule has 182 valence electrons. The molecule has 0 heterocycles. The summed E-state index contributed by atoms with van der Waals surface area (Å²) in [6.07, 6.45) is -2.17. The second-order valence-electron chi connectivity index (χ2n) is 6.45. The minimum atomic E-state index is -1.08. The smallest absolute Gasteiger partial charge is 0.441 e. The molecule has 0 aliphatic rings. The summed E-state index contributed by atoms with van der Waals surface area (Å²) in [4.78, 5) is 46.3. The Morgan fingerprint density at radius 1 is 0.706 bits per heavy atom. The van der Waals surface area contributed by atoms with Crippen molar-refractivity contribution < 1.29 is 29.1 Å². The molecule has 0 atom stereocenters. The first-order valence-electron chi connectivity index (χ1n) is 9.88. The summed E-state index contributed by atoms with van der Waals surface area (Å²) in [5.74, 6) is 0.339. The van der Waals surface area contributed by atoms with Crippen molar-refractivity contribution in [3.05, 3.63) is 92.0 Å². The molecular formula is C20H22N4O8S2. The summed E-state index contributed by atoms with van der Waals surface area (Å²) < 4.78 is 9.93. The Balaban J connectivity index is 1.68. The van der Waals surface area contributed by atoms with Gasteiger partial charge in [0, 0.05) is 11.5 Å². The molecule has 0 saturated heterocycles. The molecular weight excluding hydrogens is 488 g/mol. The molecule has 2 rings (SSSR count). The van der Waals surface area contributed by atoms with Crippen molar-refractivity contribution in [2.75, 3.05) is 24.6 Å².